The van der Waals surface area contributed by atoms with E-state index >= 15 is 0 Å². The SMILES string of the molecule is CCN(c1cccc(C)c1)c1ncnc(Nc2ccccc2C(=O)OC)c1[N+](=O)[O-]. The molecule has 3 rings (SSSR count). The van der Waals surface area contributed by atoms with Crippen LogP contribution in [0.15, 0.2) is 54.9 Å². The number of hydrogen-bond acceptors (Lipinski definition) is 8. The molecule has 154 valence electrons. The average molecular weight is 407 g/mol. The first kappa shape index (κ1) is 20.7. The maximum Gasteiger partial charge on any atom is 0.354 e. The van der Waals surface area contributed by atoms with Gasteiger partial charge in [0.2, 0.25) is 11.6 Å². The molecule has 9 heteroatoms. The van der Waals surface area contributed by atoms with Crippen molar-refractivity contribution in [2.75, 3.05) is 23.9 Å². The molecule has 0 aliphatic carbocycles. The Labute approximate surface area is 173 Å². The molecular weight excluding hydrogens is 386 g/mol. The van der Waals surface area contributed by atoms with Gasteiger partial charge in [-0.25, -0.2) is 14.8 Å². The van der Waals surface area contributed by atoms with Gasteiger partial charge >= 0.3 is 11.7 Å². The van der Waals surface area contributed by atoms with Crippen LogP contribution in [-0.4, -0.2) is 34.5 Å². The molecule has 1 heterocycles. The van der Waals surface area contributed by atoms with Gasteiger partial charge < -0.3 is 15.0 Å². The lowest BCUT2D eigenvalue weighted by Crippen LogP contribution is -2.20. The lowest BCUT2D eigenvalue weighted by atomic mass is 10.1. The minimum atomic E-state index is -0.565. The zero-order chi connectivity index (χ0) is 21.7. The Morgan fingerprint density at radius 3 is 2.63 bits per heavy atom. The molecule has 2 aromatic carbocycles. The molecule has 0 unspecified atom stereocenters. The molecule has 0 aliphatic heterocycles. The van der Waals surface area contributed by atoms with E-state index in [1.54, 1.807) is 29.2 Å². The van der Waals surface area contributed by atoms with Gasteiger partial charge in [-0.2, -0.15) is 0 Å². The summed E-state index contributed by atoms with van der Waals surface area (Å²) in [6, 6.07) is 14.2. The lowest BCUT2D eigenvalue weighted by molar-refractivity contribution is -0.383. The maximum atomic E-state index is 12.0. The first-order valence-electron chi connectivity index (χ1n) is 9.24. The fourth-order valence-electron chi connectivity index (χ4n) is 3.08. The van der Waals surface area contributed by atoms with Crippen molar-refractivity contribution in [3.8, 4) is 0 Å². The number of hydrogen-bond donors (Lipinski definition) is 1. The van der Waals surface area contributed by atoms with Gasteiger partial charge in [0, 0.05) is 12.2 Å². The van der Waals surface area contributed by atoms with Gasteiger partial charge in [-0.1, -0.05) is 24.3 Å². The van der Waals surface area contributed by atoms with Crippen molar-refractivity contribution in [1.82, 2.24) is 9.97 Å². The van der Waals surface area contributed by atoms with Crippen molar-refractivity contribution in [2.45, 2.75) is 13.8 Å². The summed E-state index contributed by atoms with van der Waals surface area (Å²) >= 11 is 0. The number of anilines is 4. The quantitative estimate of drug-likeness (QED) is 0.349. The predicted molar refractivity (Wildman–Crippen MR) is 114 cm³/mol. The Balaban J connectivity index is 2.11. The largest absolute Gasteiger partial charge is 0.465 e. The van der Waals surface area contributed by atoms with Crippen molar-refractivity contribution >= 4 is 34.7 Å². The Bertz CT molecular complexity index is 1090. The van der Waals surface area contributed by atoms with E-state index in [1.807, 2.05) is 38.1 Å². The highest BCUT2D eigenvalue weighted by Gasteiger charge is 2.28. The van der Waals surface area contributed by atoms with Crippen molar-refractivity contribution in [3.63, 3.8) is 0 Å². The molecule has 0 aliphatic rings. The fraction of sp³-hybridized carbons (Fsp3) is 0.190. The first-order valence-corrected chi connectivity index (χ1v) is 9.24. The van der Waals surface area contributed by atoms with Crippen LogP contribution in [0.25, 0.3) is 0 Å². The third kappa shape index (κ3) is 4.19. The van der Waals surface area contributed by atoms with Crippen molar-refractivity contribution in [2.24, 2.45) is 0 Å². The topological polar surface area (TPSA) is 110 Å². The van der Waals surface area contributed by atoms with Crippen LogP contribution < -0.4 is 10.2 Å². The lowest BCUT2D eigenvalue weighted by Gasteiger charge is -2.22. The standard InChI is InChI=1S/C21H21N5O4/c1-4-25(15-9-7-8-14(2)12-15)20-18(26(28)29)19(22-13-23-20)24-17-11-6-5-10-16(17)21(27)30-3/h5-13H,4H2,1-3H3,(H,22,23,24). The molecule has 0 fully saturated rings. The second-order valence-electron chi connectivity index (χ2n) is 6.40. The maximum absolute atomic E-state index is 12.0. The predicted octanol–water partition coefficient (Wildman–Crippen LogP) is 4.38. The second-order valence-corrected chi connectivity index (χ2v) is 6.40. The zero-order valence-corrected chi connectivity index (χ0v) is 16.8. The van der Waals surface area contributed by atoms with Crippen LogP contribution in [0.3, 0.4) is 0 Å². The number of nitrogens with zero attached hydrogens (tertiary/aromatic N) is 4. The first-order chi connectivity index (χ1) is 14.5. The minimum absolute atomic E-state index is 0.0209. The van der Waals surface area contributed by atoms with E-state index in [0.717, 1.165) is 11.3 Å². The van der Waals surface area contributed by atoms with Crippen LogP contribution in [0.5, 0.6) is 0 Å². The average Bonchev–Trinajstić information content (AvgIpc) is 2.74. The highest BCUT2D eigenvalue weighted by atomic mass is 16.6. The number of carbonyl (C=O) groups excluding carboxylic acids is 1. The molecule has 1 N–H and O–H groups in total. The Morgan fingerprint density at radius 1 is 1.20 bits per heavy atom. The summed E-state index contributed by atoms with van der Waals surface area (Å²) in [6.07, 6.45) is 1.25. The number of benzene rings is 2. The van der Waals surface area contributed by atoms with Gasteiger partial charge in [-0.3, -0.25) is 10.1 Å². The summed E-state index contributed by atoms with van der Waals surface area (Å²) in [6.45, 7) is 4.29. The van der Waals surface area contributed by atoms with Gasteiger partial charge in [-0.05, 0) is 43.7 Å². The van der Waals surface area contributed by atoms with Gasteiger partial charge in [-0.15, -0.1) is 0 Å². The zero-order valence-electron chi connectivity index (χ0n) is 16.8. The number of para-hydroxylation sites is 1. The number of nitro groups is 1. The van der Waals surface area contributed by atoms with Crippen molar-refractivity contribution in [3.05, 3.63) is 76.1 Å². The van der Waals surface area contributed by atoms with E-state index in [4.69, 9.17) is 4.74 Å². The van der Waals surface area contributed by atoms with Crippen LogP contribution in [0.2, 0.25) is 0 Å². The van der Waals surface area contributed by atoms with Crippen molar-refractivity contribution < 1.29 is 14.5 Å². The van der Waals surface area contributed by atoms with Gasteiger partial charge in [0.05, 0.1) is 23.3 Å². The van der Waals surface area contributed by atoms with E-state index in [-0.39, 0.29) is 22.9 Å². The highest BCUT2D eigenvalue weighted by Crippen LogP contribution is 2.37. The van der Waals surface area contributed by atoms with E-state index in [1.165, 1.54) is 13.4 Å². The van der Waals surface area contributed by atoms with Crippen LogP contribution in [0.4, 0.5) is 28.7 Å². The molecule has 0 atom stereocenters. The summed E-state index contributed by atoms with van der Waals surface area (Å²) < 4.78 is 4.79. The van der Waals surface area contributed by atoms with Crippen molar-refractivity contribution in [1.29, 1.82) is 0 Å². The molecule has 0 saturated heterocycles. The summed E-state index contributed by atoms with van der Waals surface area (Å²) in [5.74, 6) is -0.432. The Kier molecular flexibility index (Phi) is 6.21. The third-order valence-electron chi connectivity index (χ3n) is 4.46. The molecular formula is C21H21N5O4. The molecule has 0 radical (unpaired) electrons. The van der Waals surface area contributed by atoms with E-state index in [9.17, 15) is 14.9 Å². The third-order valence-corrected chi connectivity index (χ3v) is 4.46. The number of nitrogens with one attached hydrogen (secondary N) is 1. The van der Waals surface area contributed by atoms with Gasteiger partial charge in [0.25, 0.3) is 0 Å². The number of rotatable bonds is 7. The second kappa shape index (κ2) is 8.99. The minimum Gasteiger partial charge on any atom is -0.465 e. The number of aryl methyl sites for hydroxylation is 1. The number of esters is 1. The van der Waals surface area contributed by atoms with E-state index in [2.05, 4.69) is 15.3 Å². The molecule has 0 amide bonds. The summed E-state index contributed by atoms with van der Waals surface area (Å²) in [7, 11) is 1.27. The summed E-state index contributed by atoms with van der Waals surface area (Å²) in [5.41, 5.74) is 2.09. The highest BCUT2D eigenvalue weighted by molar-refractivity contribution is 5.96. The van der Waals surface area contributed by atoms with Crippen LogP contribution in [-0.2, 0) is 4.74 Å². The molecule has 1 aromatic heterocycles. The monoisotopic (exact) mass is 407 g/mol. The number of ether oxygens (including phenoxy) is 1. The summed E-state index contributed by atoms with van der Waals surface area (Å²) in [4.78, 5) is 33.5. The smallest absolute Gasteiger partial charge is 0.354 e. The number of methoxy groups -OCH3 is 1. The van der Waals surface area contributed by atoms with Crippen LogP contribution in [0, 0.1) is 17.0 Å². The van der Waals surface area contributed by atoms with E-state index in [0.29, 0.717) is 12.2 Å². The Hall–Kier alpha value is -4.01. The molecule has 0 saturated carbocycles. The number of carbonyl (C=O) groups is 1. The fourth-order valence-corrected chi connectivity index (χ4v) is 3.08. The Morgan fingerprint density at radius 2 is 1.97 bits per heavy atom. The number of aromatic nitrogens is 2. The van der Waals surface area contributed by atoms with Gasteiger partial charge in [0.15, 0.2) is 0 Å². The molecule has 9 nitrogen and oxygen atoms in total. The summed E-state index contributed by atoms with van der Waals surface area (Å²) in [5, 5.41) is 14.9. The van der Waals surface area contributed by atoms with E-state index < -0.39 is 10.9 Å². The normalized spacial score (nSPS) is 10.4. The van der Waals surface area contributed by atoms with Crippen LogP contribution >= 0.6 is 0 Å². The molecule has 0 spiro atoms. The molecule has 3 aromatic rings. The molecule has 30 heavy (non-hydrogen) atoms. The molecule has 0 bridgehead atoms. The van der Waals surface area contributed by atoms with Gasteiger partial charge in [0.1, 0.15) is 6.33 Å². The van der Waals surface area contributed by atoms with Crippen LogP contribution in [0.1, 0.15) is 22.8 Å².